The van der Waals surface area contributed by atoms with Crippen molar-refractivity contribution < 1.29 is 0 Å². The SMILES string of the molecule is CCC(CC)c1nc(C2CCCC2)n(C2CC2)c1N. The first-order valence-electron chi connectivity index (χ1n) is 8.13. The molecule has 3 heteroatoms. The third-order valence-corrected chi connectivity index (χ3v) is 5.01. The lowest BCUT2D eigenvalue weighted by Crippen LogP contribution is -2.08. The molecule has 3 rings (SSSR count). The van der Waals surface area contributed by atoms with Crippen molar-refractivity contribution in [1.82, 2.24) is 9.55 Å². The molecule has 1 heterocycles. The average molecular weight is 261 g/mol. The number of aromatic nitrogens is 2. The van der Waals surface area contributed by atoms with Crippen LogP contribution < -0.4 is 5.73 Å². The first-order chi connectivity index (χ1) is 9.26. The summed E-state index contributed by atoms with van der Waals surface area (Å²) >= 11 is 0. The third-order valence-electron chi connectivity index (χ3n) is 5.01. The topological polar surface area (TPSA) is 43.8 Å². The molecule has 2 aliphatic rings. The molecule has 0 saturated heterocycles. The molecule has 0 spiro atoms. The van der Waals surface area contributed by atoms with Gasteiger partial charge in [-0.05, 0) is 38.5 Å². The number of rotatable bonds is 5. The van der Waals surface area contributed by atoms with E-state index in [0.717, 1.165) is 18.7 Å². The van der Waals surface area contributed by atoms with E-state index in [2.05, 4.69) is 18.4 Å². The van der Waals surface area contributed by atoms with Crippen LogP contribution in [0.25, 0.3) is 0 Å². The van der Waals surface area contributed by atoms with Gasteiger partial charge in [0.05, 0.1) is 5.69 Å². The highest BCUT2D eigenvalue weighted by atomic mass is 15.2. The lowest BCUT2D eigenvalue weighted by molar-refractivity contribution is 0.592. The van der Waals surface area contributed by atoms with Crippen LogP contribution in [-0.2, 0) is 0 Å². The van der Waals surface area contributed by atoms with Crippen LogP contribution in [0.5, 0.6) is 0 Å². The number of anilines is 1. The van der Waals surface area contributed by atoms with Crippen LogP contribution in [0.15, 0.2) is 0 Å². The second-order valence-electron chi connectivity index (χ2n) is 6.34. The van der Waals surface area contributed by atoms with Gasteiger partial charge in [0.25, 0.3) is 0 Å². The second kappa shape index (κ2) is 5.18. The van der Waals surface area contributed by atoms with Gasteiger partial charge < -0.3 is 10.3 Å². The molecule has 0 bridgehead atoms. The van der Waals surface area contributed by atoms with Crippen LogP contribution in [0, 0.1) is 0 Å². The van der Waals surface area contributed by atoms with Gasteiger partial charge in [0, 0.05) is 17.9 Å². The van der Waals surface area contributed by atoms with Crippen molar-refractivity contribution in [2.45, 2.75) is 83.1 Å². The highest BCUT2D eigenvalue weighted by molar-refractivity contribution is 5.42. The minimum absolute atomic E-state index is 0.542. The van der Waals surface area contributed by atoms with E-state index in [1.54, 1.807) is 0 Å². The summed E-state index contributed by atoms with van der Waals surface area (Å²) < 4.78 is 2.41. The molecule has 1 aromatic rings. The molecule has 2 fully saturated rings. The van der Waals surface area contributed by atoms with Crippen LogP contribution >= 0.6 is 0 Å². The van der Waals surface area contributed by atoms with Crippen LogP contribution in [0.4, 0.5) is 5.82 Å². The normalized spacial score (nSPS) is 20.6. The lowest BCUT2D eigenvalue weighted by Gasteiger charge is -2.13. The van der Waals surface area contributed by atoms with Gasteiger partial charge in [0.15, 0.2) is 0 Å². The highest BCUT2D eigenvalue weighted by Crippen LogP contribution is 2.45. The zero-order valence-corrected chi connectivity index (χ0v) is 12.4. The van der Waals surface area contributed by atoms with Gasteiger partial charge in [0.1, 0.15) is 11.6 Å². The summed E-state index contributed by atoms with van der Waals surface area (Å²) in [5, 5.41) is 0. The molecular weight excluding hydrogens is 234 g/mol. The molecule has 1 aromatic heterocycles. The molecule has 19 heavy (non-hydrogen) atoms. The molecule has 2 saturated carbocycles. The van der Waals surface area contributed by atoms with E-state index in [9.17, 15) is 0 Å². The van der Waals surface area contributed by atoms with E-state index in [-0.39, 0.29) is 0 Å². The summed E-state index contributed by atoms with van der Waals surface area (Å²) in [5.41, 5.74) is 7.66. The van der Waals surface area contributed by atoms with Gasteiger partial charge in [0.2, 0.25) is 0 Å². The summed E-state index contributed by atoms with van der Waals surface area (Å²) in [4.78, 5) is 5.03. The van der Waals surface area contributed by atoms with E-state index in [4.69, 9.17) is 10.7 Å². The molecule has 0 aliphatic heterocycles. The molecule has 0 unspecified atom stereocenters. The number of nitrogens with two attached hydrogens (primary N) is 1. The number of nitrogens with zero attached hydrogens (tertiary/aromatic N) is 2. The maximum absolute atomic E-state index is 6.47. The molecular formula is C16H27N3. The van der Waals surface area contributed by atoms with Gasteiger partial charge in [-0.15, -0.1) is 0 Å². The molecule has 0 aromatic carbocycles. The Morgan fingerprint density at radius 1 is 1.16 bits per heavy atom. The van der Waals surface area contributed by atoms with Gasteiger partial charge in [-0.1, -0.05) is 26.7 Å². The average Bonchev–Trinajstić information content (AvgIpc) is 2.99. The van der Waals surface area contributed by atoms with Crippen LogP contribution in [-0.4, -0.2) is 9.55 Å². The molecule has 0 atom stereocenters. The molecule has 2 aliphatic carbocycles. The van der Waals surface area contributed by atoms with Crippen molar-refractivity contribution in [1.29, 1.82) is 0 Å². The minimum Gasteiger partial charge on any atom is -0.384 e. The van der Waals surface area contributed by atoms with Gasteiger partial charge in [-0.25, -0.2) is 4.98 Å². The standard InChI is InChI=1S/C16H27N3/c1-3-11(4-2)14-15(17)19(13-9-10-13)16(18-14)12-7-5-6-8-12/h11-13H,3-10,17H2,1-2H3. The first kappa shape index (κ1) is 13.0. The maximum Gasteiger partial charge on any atom is 0.127 e. The predicted octanol–water partition coefficient (Wildman–Crippen LogP) is 4.36. The molecule has 0 radical (unpaired) electrons. The molecule has 0 amide bonds. The van der Waals surface area contributed by atoms with Gasteiger partial charge in [-0.3, -0.25) is 0 Å². The fourth-order valence-corrected chi connectivity index (χ4v) is 3.65. The van der Waals surface area contributed by atoms with Crippen molar-refractivity contribution in [2.24, 2.45) is 0 Å². The Hall–Kier alpha value is -0.990. The highest BCUT2D eigenvalue weighted by Gasteiger charge is 2.34. The zero-order chi connectivity index (χ0) is 13.4. The Balaban J connectivity index is 1.99. The summed E-state index contributed by atoms with van der Waals surface area (Å²) in [5.74, 6) is 3.52. The van der Waals surface area contributed by atoms with Gasteiger partial charge in [-0.2, -0.15) is 0 Å². The van der Waals surface area contributed by atoms with Crippen molar-refractivity contribution in [3.8, 4) is 0 Å². The Kier molecular flexibility index (Phi) is 3.55. The molecule has 2 N–H and O–H groups in total. The van der Waals surface area contributed by atoms with Gasteiger partial charge >= 0.3 is 0 Å². The summed E-state index contributed by atoms with van der Waals surface area (Å²) in [6.45, 7) is 4.50. The minimum atomic E-state index is 0.542. The lowest BCUT2D eigenvalue weighted by atomic mass is 9.99. The third kappa shape index (κ3) is 2.28. The largest absolute Gasteiger partial charge is 0.384 e. The zero-order valence-electron chi connectivity index (χ0n) is 12.4. The van der Waals surface area contributed by atoms with E-state index < -0.39 is 0 Å². The quantitative estimate of drug-likeness (QED) is 0.855. The van der Waals surface area contributed by atoms with E-state index in [0.29, 0.717) is 17.9 Å². The maximum atomic E-state index is 6.47. The summed E-state index contributed by atoms with van der Waals surface area (Å²) in [7, 11) is 0. The van der Waals surface area contributed by atoms with E-state index in [1.165, 1.54) is 50.0 Å². The van der Waals surface area contributed by atoms with Crippen molar-refractivity contribution in [3.05, 3.63) is 11.5 Å². The van der Waals surface area contributed by atoms with Crippen molar-refractivity contribution in [3.63, 3.8) is 0 Å². The smallest absolute Gasteiger partial charge is 0.127 e. The summed E-state index contributed by atoms with van der Waals surface area (Å²) in [6, 6.07) is 0.659. The molecule has 106 valence electrons. The fourth-order valence-electron chi connectivity index (χ4n) is 3.65. The fraction of sp³-hybridized carbons (Fsp3) is 0.812. The Labute approximate surface area is 116 Å². The summed E-state index contributed by atoms with van der Waals surface area (Å²) in [6.07, 6.45) is 10.2. The Bertz CT molecular complexity index is 435. The number of hydrogen-bond acceptors (Lipinski definition) is 2. The number of hydrogen-bond donors (Lipinski definition) is 1. The first-order valence-corrected chi connectivity index (χ1v) is 8.13. The Morgan fingerprint density at radius 3 is 2.32 bits per heavy atom. The van der Waals surface area contributed by atoms with Crippen molar-refractivity contribution in [2.75, 3.05) is 5.73 Å². The number of imidazole rings is 1. The number of nitrogen functional groups attached to an aromatic ring is 1. The van der Waals surface area contributed by atoms with E-state index in [1.807, 2.05) is 0 Å². The molecule has 3 nitrogen and oxygen atoms in total. The van der Waals surface area contributed by atoms with Crippen LogP contribution in [0.2, 0.25) is 0 Å². The van der Waals surface area contributed by atoms with Crippen molar-refractivity contribution >= 4 is 5.82 Å². The van der Waals surface area contributed by atoms with E-state index >= 15 is 0 Å². The monoisotopic (exact) mass is 261 g/mol. The predicted molar refractivity (Wildman–Crippen MR) is 79.4 cm³/mol. The second-order valence-corrected chi connectivity index (χ2v) is 6.34. The Morgan fingerprint density at radius 2 is 1.79 bits per heavy atom. The van der Waals surface area contributed by atoms with Crippen LogP contribution in [0.1, 0.15) is 94.6 Å². The van der Waals surface area contributed by atoms with Crippen LogP contribution in [0.3, 0.4) is 0 Å².